The normalized spacial score (nSPS) is 10.5. The number of hydrogen-bond acceptors (Lipinski definition) is 2. The number of carbonyl (C=O) groups is 1. The third kappa shape index (κ3) is 2.07. The topological polar surface area (TPSA) is 65.8 Å². The first-order valence-electron chi connectivity index (χ1n) is 4.59. The summed E-state index contributed by atoms with van der Waals surface area (Å²) < 4.78 is 3.62. The van der Waals surface area contributed by atoms with E-state index in [0.717, 1.165) is 5.69 Å². The highest BCUT2D eigenvalue weighted by atomic mass is 16.1. The highest BCUT2D eigenvalue weighted by molar-refractivity contribution is 5.92. The molecule has 2 aromatic rings. The van der Waals surface area contributed by atoms with E-state index in [0.29, 0.717) is 12.1 Å². The van der Waals surface area contributed by atoms with E-state index in [9.17, 15) is 4.79 Å². The molecule has 0 saturated carbocycles. The molecule has 0 spiro atoms. The second-order valence-electron chi connectivity index (χ2n) is 3.42. The monoisotopic (exact) mass is 204 g/mol. The smallest absolute Gasteiger partial charge is 0.250 e. The van der Waals surface area contributed by atoms with E-state index in [4.69, 9.17) is 5.73 Å². The standard InChI is InChI=1S/C10H12N4O/c1-13-4-3-9(12-13)7-14-5-2-8(6-14)10(11)15/h2-6H,7H2,1H3,(H2,11,15). The summed E-state index contributed by atoms with van der Waals surface area (Å²) in [6.07, 6.45) is 5.42. The Bertz CT molecular complexity index is 483. The first kappa shape index (κ1) is 9.51. The van der Waals surface area contributed by atoms with Crippen LogP contribution < -0.4 is 5.73 Å². The molecule has 1 amide bonds. The number of hydrogen-bond donors (Lipinski definition) is 1. The van der Waals surface area contributed by atoms with Crippen molar-refractivity contribution >= 4 is 5.91 Å². The molecule has 0 saturated heterocycles. The molecule has 0 fully saturated rings. The number of amides is 1. The van der Waals surface area contributed by atoms with Crippen LogP contribution in [0.5, 0.6) is 0 Å². The van der Waals surface area contributed by atoms with E-state index in [1.165, 1.54) is 0 Å². The Hall–Kier alpha value is -2.04. The van der Waals surface area contributed by atoms with Crippen molar-refractivity contribution in [3.63, 3.8) is 0 Å². The van der Waals surface area contributed by atoms with Gasteiger partial charge in [0.2, 0.25) is 5.91 Å². The second kappa shape index (κ2) is 3.61. The Kier molecular flexibility index (Phi) is 2.29. The Balaban J connectivity index is 2.14. The molecule has 0 aliphatic heterocycles. The molecule has 0 atom stereocenters. The summed E-state index contributed by atoms with van der Waals surface area (Å²) in [5.41, 5.74) is 6.62. The number of nitrogens with two attached hydrogens (primary N) is 1. The number of nitrogens with zero attached hydrogens (tertiary/aromatic N) is 3. The van der Waals surface area contributed by atoms with Gasteiger partial charge in [0.15, 0.2) is 0 Å². The van der Waals surface area contributed by atoms with Gasteiger partial charge in [-0.15, -0.1) is 0 Å². The van der Waals surface area contributed by atoms with Gasteiger partial charge in [-0.2, -0.15) is 5.10 Å². The van der Waals surface area contributed by atoms with Crippen LogP contribution in [0.2, 0.25) is 0 Å². The summed E-state index contributed by atoms with van der Waals surface area (Å²) in [5, 5.41) is 4.24. The molecule has 2 aromatic heterocycles. The average Bonchev–Trinajstić information content (AvgIpc) is 2.76. The highest BCUT2D eigenvalue weighted by Gasteiger charge is 2.03. The van der Waals surface area contributed by atoms with Crippen LogP contribution in [0.25, 0.3) is 0 Å². The fourth-order valence-electron chi connectivity index (χ4n) is 1.42. The van der Waals surface area contributed by atoms with Gasteiger partial charge in [-0.25, -0.2) is 0 Å². The van der Waals surface area contributed by atoms with Gasteiger partial charge >= 0.3 is 0 Å². The van der Waals surface area contributed by atoms with Crippen molar-refractivity contribution in [2.45, 2.75) is 6.54 Å². The molecule has 2 heterocycles. The number of aryl methyl sites for hydroxylation is 1. The minimum Gasteiger partial charge on any atom is -0.366 e. The SMILES string of the molecule is Cn1ccc(Cn2ccc(C(N)=O)c2)n1. The lowest BCUT2D eigenvalue weighted by molar-refractivity contribution is 0.100. The molecule has 0 bridgehead atoms. The van der Waals surface area contributed by atoms with Crippen LogP contribution >= 0.6 is 0 Å². The first-order valence-corrected chi connectivity index (χ1v) is 4.59. The number of primary amides is 1. The maximum atomic E-state index is 10.9. The minimum absolute atomic E-state index is 0.408. The lowest BCUT2D eigenvalue weighted by Crippen LogP contribution is -2.09. The molecule has 5 heteroatoms. The van der Waals surface area contributed by atoms with Gasteiger partial charge in [0, 0.05) is 25.6 Å². The Morgan fingerprint density at radius 2 is 2.27 bits per heavy atom. The van der Waals surface area contributed by atoms with E-state index in [1.54, 1.807) is 16.9 Å². The van der Waals surface area contributed by atoms with E-state index >= 15 is 0 Å². The van der Waals surface area contributed by atoms with Crippen LogP contribution in [0, 0.1) is 0 Å². The van der Waals surface area contributed by atoms with Crippen molar-refractivity contribution in [2.75, 3.05) is 0 Å². The Labute approximate surface area is 87.1 Å². The van der Waals surface area contributed by atoms with Crippen molar-refractivity contribution in [3.05, 3.63) is 42.0 Å². The zero-order valence-corrected chi connectivity index (χ0v) is 8.42. The molecule has 0 aromatic carbocycles. The third-order valence-electron chi connectivity index (χ3n) is 2.15. The van der Waals surface area contributed by atoms with Gasteiger partial charge in [0.1, 0.15) is 0 Å². The summed E-state index contributed by atoms with van der Waals surface area (Å²) in [6.45, 7) is 0.647. The van der Waals surface area contributed by atoms with Gasteiger partial charge in [0.25, 0.3) is 0 Å². The summed E-state index contributed by atoms with van der Waals surface area (Å²) in [7, 11) is 1.87. The molecule has 2 rings (SSSR count). The van der Waals surface area contributed by atoms with Crippen LogP contribution in [-0.2, 0) is 13.6 Å². The van der Waals surface area contributed by atoms with Crippen molar-refractivity contribution in [1.82, 2.24) is 14.3 Å². The lowest BCUT2D eigenvalue weighted by atomic mass is 10.3. The zero-order chi connectivity index (χ0) is 10.8. The van der Waals surface area contributed by atoms with Crippen molar-refractivity contribution < 1.29 is 4.79 Å². The van der Waals surface area contributed by atoms with E-state index in [2.05, 4.69) is 5.10 Å². The second-order valence-corrected chi connectivity index (χ2v) is 3.42. The molecular formula is C10H12N4O. The van der Waals surface area contributed by atoms with Gasteiger partial charge in [-0.05, 0) is 12.1 Å². The van der Waals surface area contributed by atoms with Crippen LogP contribution in [0.1, 0.15) is 16.1 Å². The predicted molar refractivity (Wildman–Crippen MR) is 55.3 cm³/mol. The van der Waals surface area contributed by atoms with Crippen LogP contribution in [0.3, 0.4) is 0 Å². The molecule has 0 aliphatic carbocycles. The lowest BCUT2D eigenvalue weighted by Gasteiger charge is -1.98. The Morgan fingerprint density at radius 3 is 2.80 bits per heavy atom. The number of carbonyl (C=O) groups excluding carboxylic acids is 1. The molecule has 15 heavy (non-hydrogen) atoms. The number of aromatic nitrogens is 3. The molecule has 0 unspecified atom stereocenters. The first-order chi connectivity index (χ1) is 7.15. The van der Waals surface area contributed by atoms with E-state index < -0.39 is 5.91 Å². The van der Waals surface area contributed by atoms with Crippen LogP contribution in [-0.4, -0.2) is 20.3 Å². The fourth-order valence-corrected chi connectivity index (χ4v) is 1.42. The summed E-state index contributed by atoms with van der Waals surface area (Å²) in [5.74, 6) is -0.408. The molecule has 2 N–H and O–H groups in total. The predicted octanol–water partition coefficient (Wildman–Crippen LogP) is 0.369. The molecular weight excluding hydrogens is 192 g/mol. The molecule has 0 radical (unpaired) electrons. The summed E-state index contributed by atoms with van der Waals surface area (Å²) >= 11 is 0. The van der Waals surface area contributed by atoms with E-state index in [1.807, 2.05) is 30.1 Å². The molecule has 78 valence electrons. The van der Waals surface area contributed by atoms with Gasteiger partial charge in [0.05, 0.1) is 17.8 Å². The van der Waals surface area contributed by atoms with Crippen molar-refractivity contribution in [3.8, 4) is 0 Å². The average molecular weight is 204 g/mol. The van der Waals surface area contributed by atoms with Crippen molar-refractivity contribution in [1.29, 1.82) is 0 Å². The Morgan fingerprint density at radius 1 is 1.47 bits per heavy atom. The summed E-state index contributed by atoms with van der Waals surface area (Å²) in [6, 6.07) is 3.63. The quantitative estimate of drug-likeness (QED) is 0.784. The molecule has 5 nitrogen and oxygen atoms in total. The van der Waals surface area contributed by atoms with Gasteiger partial charge in [-0.3, -0.25) is 9.48 Å². The van der Waals surface area contributed by atoms with E-state index in [-0.39, 0.29) is 0 Å². The van der Waals surface area contributed by atoms with Crippen LogP contribution in [0.4, 0.5) is 0 Å². The zero-order valence-electron chi connectivity index (χ0n) is 8.42. The largest absolute Gasteiger partial charge is 0.366 e. The van der Waals surface area contributed by atoms with Gasteiger partial charge in [-0.1, -0.05) is 0 Å². The van der Waals surface area contributed by atoms with Crippen molar-refractivity contribution in [2.24, 2.45) is 12.8 Å². The van der Waals surface area contributed by atoms with Crippen LogP contribution in [0.15, 0.2) is 30.7 Å². The summed E-state index contributed by atoms with van der Waals surface area (Å²) in [4.78, 5) is 10.9. The maximum Gasteiger partial charge on any atom is 0.250 e. The maximum absolute atomic E-state index is 10.9. The fraction of sp³-hybridized carbons (Fsp3) is 0.200. The molecule has 0 aliphatic rings. The number of rotatable bonds is 3. The third-order valence-corrected chi connectivity index (χ3v) is 2.15. The minimum atomic E-state index is -0.408. The van der Waals surface area contributed by atoms with Gasteiger partial charge < -0.3 is 10.3 Å². The highest BCUT2D eigenvalue weighted by Crippen LogP contribution is 2.03.